The molecule has 0 bridgehead atoms. The van der Waals surface area contributed by atoms with Gasteiger partial charge in [0.25, 0.3) is 11.8 Å². The Labute approximate surface area is 181 Å². The molecule has 0 radical (unpaired) electrons. The van der Waals surface area contributed by atoms with Crippen molar-refractivity contribution in [3.8, 4) is 5.75 Å². The van der Waals surface area contributed by atoms with Crippen LogP contribution < -0.4 is 10.5 Å². The summed E-state index contributed by atoms with van der Waals surface area (Å²) in [6.45, 7) is 7.72. The molecule has 0 spiro atoms. The second-order valence-corrected chi connectivity index (χ2v) is 7.92. The molecule has 1 aliphatic rings. The molecule has 2 aromatic heterocycles. The maximum absolute atomic E-state index is 12.8. The zero-order valence-corrected chi connectivity index (χ0v) is 17.9. The summed E-state index contributed by atoms with van der Waals surface area (Å²) >= 11 is 0. The van der Waals surface area contributed by atoms with Crippen molar-refractivity contribution in [2.75, 3.05) is 32.8 Å². The van der Waals surface area contributed by atoms with Gasteiger partial charge in [0, 0.05) is 44.5 Å². The van der Waals surface area contributed by atoms with Gasteiger partial charge in [-0.05, 0) is 55.8 Å². The summed E-state index contributed by atoms with van der Waals surface area (Å²) in [5.41, 5.74) is 10.1. The zero-order valence-electron chi connectivity index (χ0n) is 17.9. The molecule has 1 saturated heterocycles. The van der Waals surface area contributed by atoms with Gasteiger partial charge in [0.05, 0.1) is 11.4 Å². The summed E-state index contributed by atoms with van der Waals surface area (Å²) in [7, 11) is 0. The van der Waals surface area contributed by atoms with Crippen LogP contribution in [0.15, 0.2) is 42.6 Å². The molecule has 8 heteroatoms. The zero-order chi connectivity index (χ0) is 22.0. The molecular formula is C23H27N5O3. The van der Waals surface area contributed by atoms with Gasteiger partial charge in [-0.1, -0.05) is 0 Å². The van der Waals surface area contributed by atoms with Crippen LogP contribution in [0.5, 0.6) is 5.75 Å². The molecule has 0 unspecified atom stereocenters. The Morgan fingerprint density at radius 1 is 1.06 bits per heavy atom. The third-order valence-electron chi connectivity index (χ3n) is 5.60. The highest BCUT2D eigenvalue weighted by Crippen LogP contribution is 2.18. The minimum atomic E-state index is -0.535. The predicted octanol–water partition coefficient (Wildman–Crippen LogP) is 1.77. The van der Waals surface area contributed by atoms with Crippen molar-refractivity contribution in [2.45, 2.75) is 20.4 Å². The van der Waals surface area contributed by atoms with Gasteiger partial charge in [0.1, 0.15) is 11.4 Å². The van der Waals surface area contributed by atoms with E-state index >= 15 is 0 Å². The highest BCUT2D eigenvalue weighted by molar-refractivity contribution is 5.94. The van der Waals surface area contributed by atoms with E-state index in [2.05, 4.69) is 39.5 Å². The second kappa shape index (κ2) is 8.77. The first kappa shape index (κ1) is 20.9. The van der Waals surface area contributed by atoms with E-state index < -0.39 is 5.91 Å². The summed E-state index contributed by atoms with van der Waals surface area (Å²) < 4.78 is 7.40. The maximum Gasteiger partial charge on any atom is 0.255 e. The Bertz CT molecular complexity index is 1100. The van der Waals surface area contributed by atoms with Gasteiger partial charge in [-0.25, -0.2) is 4.98 Å². The van der Waals surface area contributed by atoms with Crippen molar-refractivity contribution in [1.29, 1.82) is 0 Å². The third kappa shape index (κ3) is 4.69. The first-order valence-electron chi connectivity index (χ1n) is 10.4. The minimum Gasteiger partial charge on any atom is -0.484 e. The first-order valence-corrected chi connectivity index (χ1v) is 10.4. The molecular weight excluding hydrogens is 394 g/mol. The van der Waals surface area contributed by atoms with Crippen molar-refractivity contribution in [3.63, 3.8) is 0 Å². The number of imidazole rings is 1. The topological polar surface area (TPSA) is 93.2 Å². The van der Waals surface area contributed by atoms with Crippen molar-refractivity contribution < 1.29 is 14.3 Å². The first-order chi connectivity index (χ1) is 14.9. The molecule has 3 heterocycles. The number of hydrogen-bond donors (Lipinski definition) is 1. The van der Waals surface area contributed by atoms with Gasteiger partial charge in [-0.15, -0.1) is 0 Å². The summed E-state index contributed by atoms with van der Waals surface area (Å²) in [5, 5.41) is 0. The normalized spacial score (nSPS) is 14.7. The minimum absolute atomic E-state index is 0.00237. The van der Waals surface area contributed by atoms with Crippen molar-refractivity contribution in [1.82, 2.24) is 19.2 Å². The van der Waals surface area contributed by atoms with Crippen LogP contribution in [0.4, 0.5) is 0 Å². The standard InChI is InChI=1S/C23H27N5O3/c1-16-7-8-28-20(17(2)25-22(28)13-16)14-26-9-11-27(12-10-26)23(30)18-3-5-19(6-4-18)31-15-21(24)29/h3-8,13H,9-12,14-15H2,1-2H3,(H2,24,29). The number of benzene rings is 1. The lowest BCUT2D eigenvalue weighted by atomic mass is 10.1. The molecule has 0 aliphatic carbocycles. The Kier molecular flexibility index (Phi) is 5.90. The molecule has 1 aliphatic heterocycles. The molecule has 0 atom stereocenters. The maximum atomic E-state index is 12.8. The summed E-state index contributed by atoms with van der Waals surface area (Å²) in [6.07, 6.45) is 2.08. The molecule has 0 saturated carbocycles. The van der Waals surface area contributed by atoms with Crippen LogP contribution in [0.25, 0.3) is 5.65 Å². The molecule has 3 aromatic rings. The Hall–Kier alpha value is -3.39. The lowest BCUT2D eigenvalue weighted by Gasteiger charge is -2.34. The largest absolute Gasteiger partial charge is 0.484 e. The fourth-order valence-electron chi connectivity index (χ4n) is 3.86. The number of amides is 2. The van der Waals surface area contributed by atoms with Crippen molar-refractivity contribution >= 4 is 17.5 Å². The fourth-order valence-corrected chi connectivity index (χ4v) is 3.86. The SMILES string of the molecule is Cc1ccn2c(CN3CCN(C(=O)c4ccc(OCC(N)=O)cc4)CC3)c(C)nc2c1. The van der Waals surface area contributed by atoms with Gasteiger partial charge >= 0.3 is 0 Å². The van der Waals surface area contributed by atoms with Crippen LogP contribution in [-0.2, 0) is 11.3 Å². The fraction of sp³-hybridized carbons (Fsp3) is 0.348. The van der Waals surface area contributed by atoms with Crippen molar-refractivity contribution in [3.05, 3.63) is 65.1 Å². The lowest BCUT2D eigenvalue weighted by Crippen LogP contribution is -2.48. The van der Waals surface area contributed by atoms with E-state index in [1.54, 1.807) is 24.3 Å². The van der Waals surface area contributed by atoms with E-state index in [0.29, 0.717) is 24.4 Å². The van der Waals surface area contributed by atoms with Gasteiger partial charge in [-0.3, -0.25) is 14.5 Å². The number of nitrogens with zero attached hydrogens (tertiary/aromatic N) is 4. The Morgan fingerprint density at radius 2 is 1.77 bits per heavy atom. The van der Waals surface area contributed by atoms with Crippen LogP contribution in [0, 0.1) is 13.8 Å². The number of rotatable bonds is 6. The van der Waals surface area contributed by atoms with Gasteiger partial charge in [0.15, 0.2) is 6.61 Å². The van der Waals surface area contributed by atoms with Crippen LogP contribution in [0.3, 0.4) is 0 Å². The highest BCUT2D eigenvalue weighted by Gasteiger charge is 2.23. The molecule has 4 rings (SSSR count). The van der Waals surface area contributed by atoms with E-state index in [1.807, 2.05) is 11.8 Å². The molecule has 8 nitrogen and oxygen atoms in total. The number of carbonyl (C=O) groups excluding carboxylic acids is 2. The van der Waals surface area contributed by atoms with Crippen molar-refractivity contribution in [2.24, 2.45) is 5.73 Å². The average molecular weight is 422 g/mol. The molecule has 2 N–H and O–H groups in total. The molecule has 1 aromatic carbocycles. The number of hydrogen-bond acceptors (Lipinski definition) is 5. The quantitative estimate of drug-likeness (QED) is 0.655. The van der Waals surface area contributed by atoms with E-state index in [1.165, 1.54) is 11.3 Å². The number of aromatic nitrogens is 2. The number of ether oxygens (including phenoxy) is 1. The third-order valence-corrected chi connectivity index (χ3v) is 5.60. The van der Waals surface area contributed by atoms with Gasteiger partial charge in [0.2, 0.25) is 0 Å². The monoisotopic (exact) mass is 421 g/mol. The van der Waals surface area contributed by atoms with Crippen LogP contribution in [0.1, 0.15) is 27.3 Å². The summed E-state index contributed by atoms with van der Waals surface area (Å²) in [5.74, 6) is -0.0198. The van der Waals surface area contributed by atoms with Crippen LogP contribution in [-0.4, -0.2) is 63.8 Å². The average Bonchev–Trinajstić information content (AvgIpc) is 3.06. The molecule has 31 heavy (non-hydrogen) atoms. The highest BCUT2D eigenvalue weighted by atomic mass is 16.5. The molecule has 2 amide bonds. The Balaban J connectivity index is 1.35. The van der Waals surface area contributed by atoms with Gasteiger partial charge < -0.3 is 19.8 Å². The predicted molar refractivity (Wildman–Crippen MR) is 117 cm³/mol. The Morgan fingerprint density at radius 3 is 2.45 bits per heavy atom. The lowest BCUT2D eigenvalue weighted by molar-refractivity contribution is -0.119. The summed E-state index contributed by atoms with van der Waals surface area (Å²) in [6, 6.07) is 11.0. The number of fused-ring (bicyclic) bond motifs is 1. The van der Waals surface area contributed by atoms with Gasteiger partial charge in [-0.2, -0.15) is 0 Å². The number of carbonyl (C=O) groups is 2. The van der Waals surface area contributed by atoms with E-state index in [0.717, 1.165) is 31.0 Å². The number of piperazine rings is 1. The van der Waals surface area contributed by atoms with Crippen LogP contribution >= 0.6 is 0 Å². The number of primary amides is 1. The van der Waals surface area contributed by atoms with E-state index in [4.69, 9.17) is 10.5 Å². The number of nitrogens with two attached hydrogens (primary N) is 1. The molecule has 162 valence electrons. The summed E-state index contributed by atoms with van der Waals surface area (Å²) in [4.78, 5) is 32.6. The smallest absolute Gasteiger partial charge is 0.255 e. The second-order valence-electron chi connectivity index (χ2n) is 7.92. The van der Waals surface area contributed by atoms with Crippen LogP contribution in [0.2, 0.25) is 0 Å². The van der Waals surface area contributed by atoms with E-state index in [9.17, 15) is 9.59 Å². The van der Waals surface area contributed by atoms with E-state index in [-0.39, 0.29) is 12.5 Å². The number of aryl methyl sites for hydroxylation is 2. The number of pyridine rings is 1. The molecule has 1 fully saturated rings.